The van der Waals surface area contributed by atoms with E-state index in [0.717, 1.165) is 12.0 Å². The van der Waals surface area contributed by atoms with Crippen molar-refractivity contribution in [2.24, 2.45) is 5.92 Å². The van der Waals surface area contributed by atoms with Gasteiger partial charge in [0.05, 0.1) is 18.6 Å². The molecule has 2 bridgehead atoms. The van der Waals surface area contributed by atoms with E-state index in [1.54, 1.807) is 12.1 Å². The average molecular weight is 239 g/mol. The summed E-state index contributed by atoms with van der Waals surface area (Å²) in [6.07, 6.45) is 0.708. The summed E-state index contributed by atoms with van der Waals surface area (Å²) in [6.45, 7) is 0.510. The Hall–Kier alpha value is -1.06. The summed E-state index contributed by atoms with van der Waals surface area (Å²) < 4.78 is 5.47. The zero-order valence-corrected chi connectivity index (χ0v) is 9.28. The summed E-state index contributed by atoms with van der Waals surface area (Å²) >= 11 is 5.83. The van der Waals surface area contributed by atoms with Crippen molar-refractivity contribution in [1.82, 2.24) is 0 Å². The minimum absolute atomic E-state index is 0.104. The fourth-order valence-electron chi connectivity index (χ4n) is 2.92. The van der Waals surface area contributed by atoms with Gasteiger partial charge >= 0.3 is 5.97 Å². The van der Waals surface area contributed by atoms with Crippen LogP contribution in [0.4, 0.5) is 0 Å². The maximum Gasteiger partial charge on any atom is 0.310 e. The predicted molar refractivity (Wildman–Crippen MR) is 58.6 cm³/mol. The Labute approximate surface area is 98.0 Å². The van der Waals surface area contributed by atoms with Gasteiger partial charge in [-0.1, -0.05) is 23.7 Å². The normalized spacial score (nSPS) is 35.8. The average Bonchev–Trinajstić information content (AvgIpc) is 2.76. The second-order valence-electron chi connectivity index (χ2n) is 4.53. The lowest BCUT2D eigenvalue weighted by molar-refractivity contribution is -0.150. The first-order valence-electron chi connectivity index (χ1n) is 5.24. The fourth-order valence-corrected chi connectivity index (χ4v) is 3.04. The molecule has 4 rings (SSSR count). The number of fused-ring (bicyclic) bond motifs is 1. The summed E-state index contributed by atoms with van der Waals surface area (Å²) in [4.78, 5) is 11.2. The highest BCUT2D eigenvalue weighted by atomic mass is 35.5. The molecule has 1 aromatic rings. The smallest absolute Gasteiger partial charge is 0.310 e. The first-order chi connectivity index (χ1) is 7.63. The Morgan fingerprint density at radius 2 is 2.12 bits per heavy atom. The van der Waals surface area contributed by atoms with Crippen LogP contribution in [0.3, 0.4) is 0 Å². The maximum absolute atomic E-state index is 11.2. The number of carbonyl (C=O) groups is 1. The highest BCUT2D eigenvalue weighted by Crippen LogP contribution is 2.56. The van der Waals surface area contributed by atoms with Gasteiger partial charge in [-0.3, -0.25) is 4.79 Å². The third kappa shape index (κ3) is 1.16. The molecule has 1 saturated carbocycles. The number of benzene rings is 1. The van der Waals surface area contributed by atoms with E-state index in [1.807, 2.05) is 12.1 Å². The Bertz CT molecular complexity index is 438. The zero-order valence-electron chi connectivity index (χ0n) is 8.52. The SMILES string of the molecule is O=C(O)C1C2CC1(c1ccc(Cl)cc1)CO2. The first kappa shape index (κ1) is 10.1. The van der Waals surface area contributed by atoms with Crippen molar-refractivity contribution < 1.29 is 14.6 Å². The minimum Gasteiger partial charge on any atom is -0.481 e. The van der Waals surface area contributed by atoms with E-state index < -0.39 is 11.9 Å². The van der Waals surface area contributed by atoms with Gasteiger partial charge in [0.15, 0.2) is 0 Å². The molecule has 0 radical (unpaired) electrons. The highest BCUT2D eigenvalue weighted by Gasteiger charge is 2.64. The number of aliphatic carboxylic acids is 1. The molecular formula is C12H11ClO3. The Morgan fingerprint density at radius 1 is 1.44 bits per heavy atom. The Kier molecular flexibility index (Phi) is 2.03. The summed E-state index contributed by atoms with van der Waals surface area (Å²) in [7, 11) is 0. The van der Waals surface area contributed by atoms with Crippen molar-refractivity contribution in [1.29, 1.82) is 0 Å². The van der Waals surface area contributed by atoms with Crippen LogP contribution in [0.5, 0.6) is 0 Å². The van der Waals surface area contributed by atoms with Crippen LogP contribution in [0, 0.1) is 5.92 Å². The van der Waals surface area contributed by atoms with Gasteiger partial charge in [-0.2, -0.15) is 0 Å². The van der Waals surface area contributed by atoms with Crippen LogP contribution in [-0.4, -0.2) is 23.8 Å². The number of hydrogen-bond acceptors (Lipinski definition) is 2. The molecule has 1 aromatic carbocycles. The molecule has 3 atom stereocenters. The van der Waals surface area contributed by atoms with Crippen LogP contribution in [0.15, 0.2) is 24.3 Å². The largest absolute Gasteiger partial charge is 0.481 e. The molecule has 0 spiro atoms. The van der Waals surface area contributed by atoms with Crippen molar-refractivity contribution in [3.05, 3.63) is 34.9 Å². The number of ether oxygens (including phenoxy) is 1. The molecule has 84 valence electrons. The third-order valence-electron chi connectivity index (χ3n) is 3.77. The molecule has 3 aliphatic rings. The van der Waals surface area contributed by atoms with Crippen molar-refractivity contribution in [2.45, 2.75) is 17.9 Å². The quantitative estimate of drug-likeness (QED) is 0.858. The summed E-state index contributed by atoms with van der Waals surface area (Å²) in [5.41, 5.74) is 0.708. The standard InChI is InChI=1S/C12H11ClO3/c13-8-3-1-7(2-4-8)12-5-9(16-6-12)10(12)11(14)15/h1-4,9-10H,5-6H2,(H,14,15). The molecule has 3 fully saturated rings. The van der Waals surface area contributed by atoms with Crippen LogP contribution in [0.2, 0.25) is 5.02 Å². The van der Waals surface area contributed by atoms with Gasteiger partial charge in [0, 0.05) is 10.4 Å². The molecule has 3 nitrogen and oxygen atoms in total. The molecule has 2 aliphatic heterocycles. The van der Waals surface area contributed by atoms with E-state index >= 15 is 0 Å². The van der Waals surface area contributed by atoms with Crippen LogP contribution >= 0.6 is 11.6 Å². The van der Waals surface area contributed by atoms with Crippen molar-refractivity contribution in [3.8, 4) is 0 Å². The maximum atomic E-state index is 11.2. The van der Waals surface area contributed by atoms with Gasteiger partial charge in [0.25, 0.3) is 0 Å². The summed E-state index contributed by atoms with van der Waals surface area (Å²) in [6, 6.07) is 7.42. The monoisotopic (exact) mass is 238 g/mol. The highest BCUT2D eigenvalue weighted by molar-refractivity contribution is 6.30. The molecule has 16 heavy (non-hydrogen) atoms. The second kappa shape index (κ2) is 3.22. The van der Waals surface area contributed by atoms with E-state index in [1.165, 1.54) is 0 Å². The van der Waals surface area contributed by atoms with Crippen LogP contribution in [-0.2, 0) is 14.9 Å². The summed E-state index contributed by atoms with van der Waals surface area (Å²) in [5.74, 6) is -1.16. The minimum atomic E-state index is -0.760. The first-order valence-corrected chi connectivity index (χ1v) is 5.62. The fraction of sp³-hybridized carbons (Fsp3) is 0.417. The van der Waals surface area contributed by atoms with Crippen LogP contribution in [0.25, 0.3) is 0 Å². The number of hydrogen-bond donors (Lipinski definition) is 1. The van der Waals surface area contributed by atoms with Gasteiger partial charge in [0.1, 0.15) is 0 Å². The predicted octanol–water partition coefficient (Wildman–Crippen LogP) is 2.08. The van der Waals surface area contributed by atoms with E-state index in [0.29, 0.717) is 11.6 Å². The van der Waals surface area contributed by atoms with Crippen molar-refractivity contribution in [2.75, 3.05) is 6.61 Å². The molecular weight excluding hydrogens is 228 g/mol. The number of carboxylic acids is 1. The van der Waals surface area contributed by atoms with Crippen molar-refractivity contribution >= 4 is 17.6 Å². The van der Waals surface area contributed by atoms with E-state index in [2.05, 4.69) is 0 Å². The van der Waals surface area contributed by atoms with E-state index in [4.69, 9.17) is 16.3 Å². The summed E-state index contributed by atoms with van der Waals surface area (Å²) in [5, 5.41) is 9.86. The van der Waals surface area contributed by atoms with Crippen molar-refractivity contribution in [3.63, 3.8) is 0 Å². The van der Waals surface area contributed by atoms with Crippen LogP contribution in [0.1, 0.15) is 12.0 Å². The van der Waals surface area contributed by atoms with Gasteiger partial charge in [-0.05, 0) is 24.1 Å². The molecule has 0 aromatic heterocycles. The topological polar surface area (TPSA) is 46.5 Å². The lowest BCUT2D eigenvalue weighted by Gasteiger charge is -2.42. The molecule has 1 N–H and O–H groups in total. The molecule has 1 aliphatic carbocycles. The molecule has 3 unspecified atom stereocenters. The molecule has 2 saturated heterocycles. The lowest BCUT2D eigenvalue weighted by atomic mass is 9.58. The zero-order chi connectivity index (χ0) is 11.3. The molecule has 2 heterocycles. The number of halogens is 1. The van der Waals surface area contributed by atoms with E-state index in [-0.39, 0.29) is 11.5 Å². The van der Waals surface area contributed by atoms with Gasteiger partial charge in [0.2, 0.25) is 0 Å². The molecule has 0 amide bonds. The lowest BCUT2D eigenvalue weighted by Crippen LogP contribution is -2.52. The third-order valence-corrected chi connectivity index (χ3v) is 4.02. The van der Waals surface area contributed by atoms with E-state index in [9.17, 15) is 9.90 Å². The van der Waals surface area contributed by atoms with Gasteiger partial charge < -0.3 is 9.84 Å². The number of rotatable bonds is 2. The number of carboxylic acid groups (broad SMARTS) is 1. The van der Waals surface area contributed by atoms with Gasteiger partial charge in [-0.15, -0.1) is 0 Å². The Morgan fingerprint density at radius 3 is 2.69 bits per heavy atom. The van der Waals surface area contributed by atoms with Gasteiger partial charge in [-0.25, -0.2) is 0 Å². The Balaban J connectivity index is 2.00. The second-order valence-corrected chi connectivity index (χ2v) is 4.97. The molecule has 4 heteroatoms. The van der Waals surface area contributed by atoms with Crippen LogP contribution < -0.4 is 0 Å².